The van der Waals surface area contributed by atoms with E-state index in [1.54, 1.807) is 5.92 Å². The standard InChI is InChI=1S/C13H17/c1-11-7-5-6-10-13(11)12-8-3-2-4-9-12/h2-4,8-9,13H,5-7,10H2,1H3. The number of rotatable bonds is 1. The first-order valence-electron chi connectivity index (χ1n) is 5.25. The average molecular weight is 173 g/mol. The predicted octanol–water partition coefficient (Wildman–Crippen LogP) is 3.94. The molecule has 0 heterocycles. The molecular formula is C13H17. The largest absolute Gasteiger partial charge is 0.0622 e. The van der Waals surface area contributed by atoms with E-state index in [2.05, 4.69) is 37.3 Å². The zero-order chi connectivity index (χ0) is 9.10. The zero-order valence-electron chi connectivity index (χ0n) is 8.29. The van der Waals surface area contributed by atoms with Crippen LogP contribution in [0.3, 0.4) is 0 Å². The van der Waals surface area contributed by atoms with Gasteiger partial charge in [0.05, 0.1) is 0 Å². The van der Waals surface area contributed by atoms with Crippen molar-refractivity contribution in [1.82, 2.24) is 0 Å². The molecule has 2 rings (SSSR count). The lowest BCUT2D eigenvalue weighted by Crippen LogP contribution is -2.12. The molecule has 1 saturated carbocycles. The van der Waals surface area contributed by atoms with E-state index in [-0.39, 0.29) is 0 Å². The maximum Gasteiger partial charge on any atom is -0.0103 e. The average Bonchev–Trinajstić information content (AvgIpc) is 2.20. The molecule has 1 atom stereocenters. The molecular weight excluding hydrogens is 156 g/mol. The van der Waals surface area contributed by atoms with Crippen LogP contribution in [0.15, 0.2) is 30.3 Å². The van der Waals surface area contributed by atoms with Crippen LogP contribution in [0.1, 0.15) is 44.1 Å². The second-order valence-electron chi connectivity index (χ2n) is 4.06. The van der Waals surface area contributed by atoms with Crippen molar-refractivity contribution in [2.45, 2.75) is 38.5 Å². The highest BCUT2D eigenvalue weighted by molar-refractivity contribution is 5.25. The molecule has 69 valence electrons. The summed E-state index contributed by atoms with van der Waals surface area (Å²) in [4.78, 5) is 0. The molecule has 0 heteroatoms. The smallest absolute Gasteiger partial charge is 0.0103 e. The van der Waals surface area contributed by atoms with Gasteiger partial charge in [-0.05, 0) is 30.2 Å². The molecule has 1 aromatic carbocycles. The van der Waals surface area contributed by atoms with Crippen molar-refractivity contribution in [1.29, 1.82) is 0 Å². The topological polar surface area (TPSA) is 0 Å². The number of hydrogen-bond acceptors (Lipinski definition) is 0. The fraction of sp³-hybridized carbons (Fsp3) is 0.462. The monoisotopic (exact) mass is 173 g/mol. The van der Waals surface area contributed by atoms with Gasteiger partial charge >= 0.3 is 0 Å². The van der Waals surface area contributed by atoms with Crippen LogP contribution in [0.5, 0.6) is 0 Å². The molecule has 0 amide bonds. The lowest BCUT2D eigenvalue weighted by molar-refractivity contribution is 0.480. The lowest BCUT2D eigenvalue weighted by atomic mass is 9.76. The Morgan fingerprint density at radius 1 is 1.08 bits per heavy atom. The van der Waals surface area contributed by atoms with Gasteiger partial charge in [0.15, 0.2) is 0 Å². The minimum atomic E-state index is 0.745. The Hall–Kier alpha value is -0.780. The summed E-state index contributed by atoms with van der Waals surface area (Å²) in [6.45, 7) is 2.32. The third-order valence-electron chi connectivity index (χ3n) is 3.11. The molecule has 0 spiro atoms. The first-order valence-corrected chi connectivity index (χ1v) is 5.25. The molecule has 0 aromatic heterocycles. The maximum absolute atomic E-state index is 2.32. The summed E-state index contributed by atoms with van der Waals surface area (Å²) >= 11 is 0. The van der Waals surface area contributed by atoms with E-state index in [1.165, 1.54) is 31.2 Å². The lowest BCUT2D eigenvalue weighted by Gasteiger charge is -2.28. The Morgan fingerprint density at radius 3 is 2.54 bits per heavy atom. The van der Waals surface area contributed by atoms with Gasteiger partial charge in [0.25, 0.3) is 0 Å². The van der Waals surface area contributed by atoms with Gasteiger partial charge in [0, 0.05) is 0 Å². The molecule has 1 fully saturated rings. The van der Waals surface area contributed by atoms with Gasteiger partial charge in [-0.15, -0.1) is 0 Å². The second kappa shape index (κ2) is 3.95. The van der Waals surface area contributed by atoms with Crippen LogP contribution >= 0.6 is 0 Å². The highest BCUT2D eigenvalue weighted by Gasteiger charge is 2.22. The molecule has 1 aromatic rings. The van der Waals surface area contributed by atoms with Crippen LogP contribution < -0.4 is 0 Å². The molecule has 0 saturated heterocycles. The predicted molar refractivity (Wildman–Crippen MR) is 56.6 cm³/mol. The number of benzene rings is 1. The van der Waals surface area contributed by atoms with Gasteiger partial charge in [-0.25, -0.2) is 0 Å². The second-order valence-corrected chi connectivity index (χ2v) is 4.06. The fourth-order valence-corrected chi connectivity index (χ4v) is 2.31. The third kappa shape index (κ3) is 1.93. The first-order chi connectivity index (χ1) is 6.38. The van der Waals surface area contributed by atoms with E-state index in [0.717, 1.165) is 5.92 Å². The summed E-state index contributed by atoms with van der Waals surface area (Å²) in [5.41, 5.74) is 1.51. The zero-order valence-corrected chi connectivity index (χ0v) is 8.29. The summed E-state index contributed by atoms with van der Waals surface area (Å²) < 4.78 is 0. The molecule has 0 aliphatic heterocycles. The molecule has 1 radical (unpaired) electrons. The molecule has 13 heavy (non-hydrogen) atoms. The Kier molecular flexibility index (Phi) is 2.68. The van der Waals surface area contributed by atoms with Crippen LogP contribution in [0, 0.1) is 5.92 Å². The van der Waals surface area contributed by atoms with Gasteiger partial charge in [0.2, 0.25) is 0 Å². The fourth-order valence-electron chi connectivity index (χ4n) is 2.31. The Bertz CT molecular complexity index is 250. The molecule has 1 aliphatic carbocycles. The van der Waals surface area contributed by atoms with Gasteiger partial charge in [-0.1, -0.05) is 50.1 Å². The number of hydrogen-bond donors (Lipinski definition) is 0. The van der Waals surface area contributed by atoms with E-state index in [9.17, 15) is 0 Å². The van der Waals surface area contributed by atoms with Crippen molar-refractivity contribution in [3.05, 3.63) is 41.8 Å². The van der Waals surface area contributed by atoms with Crippen LogP contribution in [0.4, 0.5) is 0 Å². The van der Waals surface area contributed by atoms with Gasteiger partial charge in [0.1, 0.15) is 0 Å². The summed E-state index contributed by atoms with van der Waals surface area (Å²) in [7, 11) is 0. The Balaban J connectivity index is 2.15. The Labute approximate surface area is 81.0 Å². The minimum absolute atomic E-state index is 0.745. The van der Waals surface area contributed by atoms with E-state index in [4.69, 9.17) is 0 Å². The van der Waals surface area contributed by atoms with Crippen LogP contribution in [-0.2, 0) is 0 Å². The van der Waals surface area contributed by atoms with Crippen molar-refractivity contribution >= 4 is 0 Å². The van der Waals surface area contributed by atoms with E-state index < -0.39 is 0 Å². The molecule has 1 unspecified atom stereocenters. The normalized spacial score (nSPS) is 24.5. The highest BCUT2D eigenvalue weighted by atomic mass is 14.3. The highest BCUT2D eigenvalue weighted by Crippen LogP contribution is 2.38. The van der Waals surface area contributed by atoms with Crippen LogP contribution in [0.25, 0.3) is 0 Å². The molecule has 0 nitrogen and oxygen atoms in total. The summed E-state index contributed by atoms with van der Waals surface area (Å²) in [6, 6.07) is 10.9. The molecule has 0 bridgehead atoms. The summed E-state index contributed by atoms with van der Waals surface area (Å²) in [5.74, 6) is 2.42. The first kappa shape index (κ1) is 8.80. The van der Waals surface area contributed by atoms with Crippen molar-refractivity contribution in [3.8, 4) is 0 Å². The van der Waals surface area contributed by atoms with Gasteiger partial charge < -0.3 is 0 Å². The third-order valence-corrected chi connectivity index (χ3v) is 3.11. The van der Waals surface area contributed by atoms with E-state index in [0.29, 0.717) is 0 Å². The van der Waals surface area contributed by atoms with E-state index in [1.807, 2.05) is 0 Å². The van der Waals surface area contributed by atoms with Crippen molar-refractivity contribution in [3.63, 3.8) is 0 Å². The van der Waals surface area contributed by atoms with Crippen molar-refractivity contribution < 1.29 is 0 Å². The minimum Gasteiger partial charge on any atom is -0.0622 e. The maximum atomic E-state index is 2.32. The van der Waals surface area contributed by atoms with Crippen molar-refractivity contribution in [2.24, 2.45) is 0 Å². The Morgan fingerprint density at radius 2 is 1.85 bits per heavy atom. The SMILES string of the molecule is C[C]1CCCCC1c1ccccc1. The van der Waals surface area contributed by atoms with Gasteiger partial charge in [-0.2, -0.15) is 0 Å². The summed E-state index contributed by atoms with van der Waals surface area (Å²) in [6.07, 6.45) is 5.49. The van der Waals surface area contributed by atoms with Crippen LogP contribution in [0.2, 0.25) is 0 Å². The quantitative estimate of drug-likeness (QED) is 0.603. The molecule has 0 N–H and O–H groups in total. The summed E-state index contributed by atoms with van der Waals surface area (Å²) in [5, 5.41) is 0. The van der Waals surface area contributed by atoms with Gasteiger partial charge in [-0.3, -0.25) is 0 Å². The molecule has 1 aliphatic rings. The van der Waals surface area contributed by atoms with Crippen LogP contribution in [-0.4, -0.2) is 0 Å². The van der Waals surface area contributed by atoms with E-state index >= 15 is 0 Å². The van der Waals surface area contributed by atoms with Crippen molar-refractivity contribution in [2.75, 3.05) is 0 Å².